The summed E-state index contributed by atoms with van der Waals surface area (Å²) in [5, 5.41) is 0. The lowest BCUT2D eigenvalue weighted by Crippen LogP contribution is -2.06. The summed E-state index contributed by atoms with van der Waals surface area (Å²) < 4.78 is 2.24. The third-order valence-corrected chi connectivity index (χ3v) is 3.76. The van der Waals surface area contributed by atoms with Crippen LogP contribution < -0.4 is 5.73 Å². The SMILES string of the molecule is CCCCn1c(C2CC2)nc(-c2ccccc2)c1N. The minimum atomic E-state index is 0.636. The van der Waals surface area contributed by atoms with Gasteiger partial charge in [-0.2, -0.15) is 0 Å². The van der Waals surface area contributed by atoms with Gasteiger partial charge in [-0.05, 0) is 19.3 Å². The molecule has 0 atom stereocenters. The zero-order chi connectivity index (χ0) is 13.2. The lowest BCUT2D eigenvalue weighted by molar-refractivity contribution is 0.609. The van der Waals surface area contributed by atoms with Gasteiger partial charge in [0.05, 0.1) is 0 Å². The minimum absolute atomic E-state index is 0.636. The molecule has 3 heteroatoms. The molecule has 3 rings (SSSR count). The average molecular weight is 255 g/mol. The molecule has 1 aliphatic carbocycles. The van der Waals surface area contributed by atoms with Crippen LogP contribution in [0.5, 0.6) is 0 Å². The summed E-state index contributed by atoms with van der Waals surface area (Å²) in [6.07, 6.45) is 4.87. The molecule has 0 radical (unpaired) electrons. The Morgan fingerprint density at radius 2 is 2.00 bits per heavy atom. The second kappa shape index (κ2) is 5.08. The van der Waals surface area contributed by atoms with Crippen molar-refractivity contribution in [1.29, 1.82) is 0 Å². The van der Waals surface area contributed by atoms with Crippen molar-refractivity contribution >= 4 is 5.82 Å². The van der Waals surface area contributed by atoms with Gasteiger partial charge >= 0.3 is 0 Å². The predicted molar refractivity (Wildman–Crippen MR) is 79.0 cm³/mol. The number of unbranched alkanes of at least 4 members (excludes halogenated alkanes) is 1. The number of hydrogen-bond donors (Lipinski definition) is 1. The highest BCUT2D eigenvalue weighted by molar-refractivity contribution is 5.71. The van der Waals surface area contributed by atoms with Crippen molar-refractivity contribution in [2.75, 3.05) is 5.73 Å². The van der Waals surface area contributed by atoms with Crippen LogP contribution in [-0.4, -0.2) is 9.55 Å². The van der Waals surface area contributed by atoms with Crippen LogP contribution in [0.3, 0.4) is 0 Å². The molecule has 19 heavy (non-hydrogen) atoms. The number of aromatic nitrogens is 2. The molecule has 0 amide bonds. The minimum Gasteiger partial charge on any atom is -0.383 e. The number of imidazole rings is 1. The van der Waals surface area contributed by atoms with Crippen molar-refractivity contribution < 1.29 is 0 Å². The molecule has 1 aliphatic rings. The molecule has 1 aromatic heterocycles. The molecule has 1 saturated carbocycles. The summed E-state index contributed by atoms with van der Waals surface area (Å²) in [4.78, 5) is 4.83. The van der Waals surface area contributed by atoms with Gasteiger partial charge < -0.3 is 10.3 Å². The van der Waals surface area contributed by atoms with Gasteiger partial charge in [0.25, 0.3) is 0 Å². The van der Waals surface area contributed by atoms with E-state index >= 15 is 0 Å². The van der Waals surface area contributed by atoms with Gasteiger partial charge in [-0.3, -0.25) is 0 Å². The largest absolute Gasteiger partial charge is 0.383 e. The molecule has 3 nitrogen and oxygen atoms in total. The number of nitrogens with two attached hydrogens (primary N) is 1. The van der Waals surface area contributed by atoms with E-state index in [4.69, 9.17) is 10.7 Å². The lowest BCUT2D eigenvalue weighted by Gasteiger charge is -2.08. The topological polar surface area (TPSA) is 43.8 Å². The molecule has 0 unspecified atom stereocenters. The molecule has 0 aliphatic heterocycles. The third-order valence-electron chi connectivity index (χ3n) is 3.76. The Labute approximate surface area is 114 Å². The molecule has 0 bridgehead atoms. The second-order valence-electron chi connectivity index (χ2n) is 5.35. The summed E-state index contributed by atoms with van der Waals surface area (Å²) in [5.74, 6) is 2.67. The zero-order valence-corrected chi connectivity index (χ0v) is 11.5. The fourth-order valence-electron chi connectivity index (χ4n) is 2.50. The highest BCUT2D eigenvalue weighted by Crippen LogP contribution is 2.42. The molecule has 1 heterocycles. The van der Waals surface area contributed by atoms with Gasteiger partial charge in [0.2, 0.25) is 0 Å². The van der Waals surface area contributed by atoms with E-state index in [1.807, 2.05) is 18.2 Å². The van der Waals surface area contributed by atoms with Crippen molar-refractivity contribution in [3.63, 3.8) is 0 Å². The van der Waals surface area contributed by atoms with Gasteiger partial charge in [-0.25, -0.2) is 4.98 Å². The standard InChI is InChI=1S/C16H21N3/c1-2-3-11-19-15(17)14(12-7-5-4-6-8-12)18-16(19)13-9-10-13/h4-8,13H,2-3,9-11,17H2,1H3. The number of hydrogen-bond acceptors (Lipinski definition) is 2. The van der Waals surface area contributed by atoms with E-state index in [1.165, 1.54) is 25.1 Å². The van der Waals surface area contributed by atoms with Gasteiger partial charge in [0, 0.05) is 18.0 Å². The Balaban J connectivity index is 2.01. The van der Waals surface area contributed by atoms with Gasteiger partial charge in [-0.15, -0.1) is 0 Å². The van der Waals surface area contributed by atoms with Crippen molar-refractivity contribution in [3.8, 4) is 11.3 Å². The van der Waals surface area contributed by atoms with E-state index in [-0.39, 0.29) is 0 Å². The molecule has 1 aromatic carbocycles. The monoisotopic (exact) mass is 255 g/mol. The second-order valence-corrected chi connectivity index (χ2v) is 5.35. The third kappa shape index (κ3) is 2.37. The quantitative estimate of drug-likeness (QED) is 0.883. The lowest BCUT2D eigenvalue weighted by atomic mass is 10.1. The fraction of sp³-hybridized carbons (Fsp3) is 0.438. The van der Waals surface area contributed by atoms with Gasteiger partial charge in [-0.1, -0.05) is 43.7 Å². The molecular weight excluding hydrogens is 234 g/mol. The maximum absolute atomic E-state index is 6.34. The molecule has 2 N–H and O–H groups in total. The van der Waals surface area contributed by atoms with Gasteiger partial charge in [0.15, 0.2) is 0 Å². The average Bonchev–Trinajstić information content (AvgIpc) is 3.23. The Kier molecular flexibility index (Phi) is 3.28. The first-order valence-corrected chi connectivity index (χ1v) is 7.22. The van der Waals surface area contributed by atoms with Crippen LogP contribution in [-0.2, 0) is 6.54 Å². The van der Waals surface area contributed by atoms with Crippen LogP contribution in [0.15, 0.2) is 30.3 Å². The van der Waals surface area contributed by atoms with Crippen molar-refractivity contribution in [1.82, 2.24) is 9.55 Å². The summed E-state index contributed by atoms with van der Waals surface area (Å²) >= 11 is 0. The number of benzene rings is 1. The highest BCUT2D eigenvalue weighted by Gasteiger charge is 2.30. The fourth-order valence-corrected chi connectivity index (χ4v) is 2.50. The van der Waals surface area contributed by atoms with Crippen molar-refractivity contribution in [2.24, 2.45) is 0 Å². The first kappa shape index (κ1) is 12.3. The maximum Gasteiger partial charge on any atom is 0.131 e. The Bertz CT molecular complexity index is 553. The van der Waals surface area contributed by atoms with Crippen LogP contribution in [0, 0.1) is 0 Å². The molecule has 100 valence electrons. The summed E-state index contributed by atoms with van der Waals surface area (Å²) in [5.41, 5.74) is 8.42. The number of anilines is 1. The van der Waals surface area contributed by atoms with Crippen LogP contribution in [0.4, 0.5) is 5.82 Å². The predicted octanol–water partition coefficient (Wildman–Crippen LogP) is 3.81. The van der Waals surface area contributed by atoms with E-state index in [9.17, 15) is 0 Å². The van der Waals surface area contributed by atoms with Crippen LogP contribution in [0.1, 0.15) is 44.3 Å². The summed E-state index contributed by atoms with van der Waals surface area (Å²) in [6, 6.07) is 10.3. The first-order chi connectivity index (χ1) is 9.31. The molecule has 2 aromatic rings. The van der Waals surface area contributed by atoms with Gasteiger partial charge in [0.1, 0.15) is 17.3 Å². The van der Waals surface area contributed by atoms with Crippen molar-refractivity contribution in [3.05, 3.63) is 36.2 Å². The summed E-state index contributed by atoms with van der Waals surface area (Å²) in [7, 11) is 0. The van der Waals surface area contributed by atoms with E-state index in [1.54, 1.807) is 0 Å². The van der Waals surface area contributed by atoms with Crippen LogP contribution in [0.2, 0.25) is 0 Å². The number of nitrogens with zero attached hydrogens (tertiary/aromatic N) is 2. The Morgan fingerprint density at radius 1 is 1.26 bits per heavy atom. The van der Waals surface area contributed by atoms with Crippen LogP contribution in [0.25, 0.3) is 11.3 Å². The van der Waals surface area contributed by atoms with E-state index < -0.39 is 0 Å². The molecule has 0 spiro atoms. The zero-order valence-electron chi connectivity index (χ0n) is 11.5. The van der Waals surface area contributed by atoms with E-state index in [2.05, 4.69) is 23.6 Å². The molecular formula is C16H21N3. The van der Waals surface area contributed by atoms with E-state index in [0.29, 0.717) is 5.92 Å². The summed E-state index contributed by atoms with van der Waals surface area (Å²) in [6.45, 7) is 3.20. The normalized spacial score (nSPS) is 14.8. The first-order valence-electron chi connectivity index (χ1n) is 7.22. The van der Waals surface area contributed by atoms with E-state index in [0.717, 1.165) is 30.0 Å². The van der Waals surface area contributed by atoms with Crippen molar-refractivity contribution in [2.45, 2.75) is 45.1 Å². The smallest absolute Gasteiger partial charge is 0.131 e. The number of rotatable bonds is 5. The maximum atomic E-state index is 6.34. The highest BCUT2D eigenvalue weighted by atomic mass is 15.1. The molecule has 1 fully saturated rings. The number of nitrogen functional groups attached to an aromatic ring is 1. The molecule has 0 saturated heterocycles. The Hall–Kier alpha value is -1.77. The van der Waals surface area contributed by atoms with Crippen LogP contribution >= 0.6 is 0 Å². The Morgan fingerprint density at radius 3 is 2.63 bits per heavy atom.